The number of nitrogens with zero attached hydrogens (tertiary/aromatic N) is 1. The molecule has 1 atom stereocenters. The molecule has 19 heavy (non-hydrogen) atoms. The van der Waals surface area contributed by atoms with Crippen molar-refractivity contribution in [1.29, 1.82) is 0 Å². The van der Waals surface area contributed by atoms with Crippen molar-refractivity contribution in [3.63, 3.8) is 0 Å². The van der Waals surface area contributed by atoms with E-state index in [0.717, 1.165) is 25.1 Å². The molecule has 0 saturated carbocycles. The number of nitro benzene ring substituents is 1. The Bertz CT molecular complexity index is 442. The fourth-order valence-electron chi connectivity index (χ4n) is 2.47. The quantitative estimate of drug-likeness (QED) is 0.656. The summed E-state index contributed by atoms with van der Waals surface area (Å²) in [5, 5.41) is 14.3. The van der Waals surface area contributed by atoms with Crippen LogP contribution in [0.25, 0.3) is 0 Å². The number of nitro groups is 1. The maximum atomic E-state index is 11.0. The summed E-state index contributed by atoms with van der Waals surface area (Å²) >= 11 is 0. The number of piperidine rings is 1. The number of benzene rings is 1. The molecule has 1 heterocycles. The van der Waals surface area contributed by atoms with E-state index < -0.39 is 0 Å². The maximum absolute atomic E-state index is 11.0. The van der Waals surface area contributed by atoms with Gasteiger partial charge in [0, 0.05) is 6.07 Å². The number of hydrogen-bond acceptors (Lipinski definition) is 4. The van der Waals surface area contributed by atoms with Gasteiger partial charge in [0.1, 0.15) is 0 Å². The van der Waals surface area contributed by atoms with Crippen LogP contribution in [-0.4, -0.2) is 24.6 Å². The Hall–Kier alpha value is -1.62. The summed E-state index contributed by atoms with van der Waals surface area (Å²) in [5.41, 5.74) is 0.873. The molecule has 1 aromatic carbocycles. The molecule has 0 bridgehead atoms. The van der Waals surface area contributed by atoms with Crippen molar-refractivity contribution in [2.75, 3.05) is 19.7 Å². The zero-order chi connectivity index (χ0) is 13.7. The van der Waals surface area contributed by atoms with Gasteiger partial charge in [-0.1, -0.05) is 12.1 Å². The molecule has 5 heteroatoms. The third-order valence-corrected chi connectivity index (χ3v) is 3.56. The first-order valence-corrected chi connectivity index (χ1v) is 6.76. The summed E-state index contributed by atoms with van der Waals surface area (Å²) < 4.78 is 5.66. The van der Waals surface area contributed by atoms with Gasteiger partial charge in [-0.05, 0) is 50.8 Å². The highest BCUT2D eigenvalue weighted by Crippen LogP contribution is 2.30. The van der Waals surface area contributed by atoms with Crippen LogP contribution in [0.4, 0.5) is 5.69 Å². The van der Waals surface area contributed by atoms with Crippen LogP contribution in [0, 0.1) is 23.0 Å². The second-order valence-corrected chi connectivity index (χ2v) is 5.03. The summed E-state index contributed by atoms with van der Waals surface area (Å²) in [5.74, 6) is 1.04. The van der Waals surface area contributed by atoms with E-state index in [4.69, 9.17) is 4.74 Å². The van der Waals surface area contributed by atoms with Gasteiger partial charge >= 0.3 is 5.69 Å². The lowest BCUT2D eigenvalue weighted by molar-refractivity contribution is -0.385. The van der Waals surface area contributed by atoms with Gasteiger partial charge in [-0.2, -0.15) is 0 Å². The summed E-state index contributed by atoms with van der Waals surface area (Å²) in [4.78, 5) is 10.6. The molecular formula is C14H20N2O3. The topological polar surface area (TPSA) is 64.4 Å². The molecule has 1 aromatic rings. The van der Waals surface area contributed by atoms with Crippen molar-refractivity contribution in [2.24, 2.45) is 5.92 Å². The monoisotopic (exact) mass is 264 g/mol. The molecule has 104 valence electrons. The fraction of sp³-hybridized carbons (Fsp3) is 0.571. The molecule has 0 spiro atoms. The second-order valence-electron chi connectivity index (χ2n) is 5.03. The van der Waals surface area contributed by atoms with E-state index in [0.29, 0.717) is 18.3 Å². The van der Waals surface area contributed by atoms with Crippen LogP contribution in [0.3, 0.4) is 0 Å². The molecule has 1 aliphatic rings. The standard InChI is InChI=1S/C14H20N2O3/c1-11-4-2-6-13(16(17)18)14(11)19-9-7-12-5-3-8-15-10-12/h2,4,6,12,15H,3,5,7-10H2,1H3. The molecule has 1 saturated heterocycles. The number of ether oxygens (including phenoxy) is 1. The SMILES string of the molecule is Cc1cccc([N+](=O)[O-])c1OCCC1CCCNC1. The molecule has 1 aliphatic heterocycles. The van der Waals surface area contributed by atoms with E-state index >= 15 is 0 Å². The van der Waals surface area contributed by atoms with Gasteiger partial charge in [0.25, 0.3) is 0 Å². The highest BCUT2D eigenvalue weighted by molar-refractivity contribution is 5.51. The Balaban J connectivity index is 1.93. The zero-order valence-corrected chi connectivity index (χ0v) is 11.2. The van der Waals surface area contributed by atoms with Crippen molar-refractivity contribution in [3.05, 3.63) is 33.9 Å². The van der Waals surface area contributed by atoms with Crippen LogP contribution < -0.4 is 10.1 Å². The first kappa shape index (κ1) is 13.8. The molecule has 0 radical (unpaired) electrons. The minimum Gasteiger partial charge on any atom is -0.487 e. The lowest BCUT2D eigenvalue weighted by atomic mass is 9.97. The smallest absolute Gasteiger partial charge is 0.311 e. The Morgan fingerprint density at radius 3 is 3.05 bits per heavy atom. The molecule has 5 nitrogen and oxygen atoms in total. The van der Waals surface area contributed by atoms with Crippen LogP contribution in [0.5, 0.6) is 5.75 Å². The minimum absolute atomic E-state index is 0.0572. The number of nitrogens with one attached hydrogen (secondary N) is 1. The Labute approximate surface area is 113 Å². The fourth-order valence-corrected chi connectivity index (χ4v) is 2.47. The Kier molecular flexibility index (Phi) is 4.74. The molecule has 2 rings (SSSR count). The Morgan fingerprint density at radius 2 is 2.37 bits per heavy atom. The second kappa shape index (κ2) is 6.52. The molecule has 1 fully saturated rings. The van der Waals surface area contributed by atoms with Gasteiger partial charge in [-0.25, -0.2) is 0 Å². The predicted molar refractivity (Wildman–Crippen MR) is 73.5 cm³/mol. The van der Waals surface area contributed by atoms with E-state index in [2.05, 4.69) is 5.32 Å². The molecule has 0 amide bonds. The van der Waals surface area contributed by atoms with E-state index in [9.17, 15) is 10.1 Å². The summed E-state index contributed by atoms with van der Waals surface area (Å²) in [7, 11) is 0. The van der Waals surface area contributed by atoms with Crippen LogP contribution in [0.2, 0.25) is 0 Å². The molecule has 0 aromatic heterocycles. The summed E-state index contributed by atoms with van der Waals surface area (Å²) in [6.07, 6.45) is 3.36. The zero-order valence-electron chi connectivity index (χ0n) is 11.2. The first-order chi connectivity index (χ1) is 9.18. The highest BCUT2D eigenvalue weighted by Gasteiger charge is 2.18. The van der Waals surface area contributed by atoms with Crippen molar-refractivity contribution >= 4 is 5.69 Å². The van der Waals surface area contributed by atoms with Crippen molar-refractivity contribution in [2.45, 2.75) is 26.2 Å². The average Bonchev–Trinajstić information content (AvgIpc) is 2.41. The van der Waals surface area contributed by atoms with Crippen LogP contribution in [-0.2, 0) is 0 Å². The van der Waals surface area contributed by atoms with Gasteiger partial charge in [0.05, 0.1) is 11.5 Å². The van der Waals surface area contributed by atoms with Gasteiger partial charge < -0.3 is 10.1 Å². The maximum Gasteiger partial charge on any atom is 0.311 e. The van der Waals surface area contributed by atoms with Crippen molar-refractivity contribution in [3.8, 4) is 5.75 Å². The van der Waals surface area contributed by atoms with Gasteiger partial charge in [-0.3, -0.25) is 10.1 Å². The lowest BCUT2D eigenvalue weighted by Gasteiger charge is -2.22. The van der Waals surface area contributed by atoms with Gasteiger partial charge in [0.2, 0.25) is 0 Å². The molecule has 1 unspecified atom stereocenters. The van der Waals surface area contributed by atoms with Crippen LogP contribution in [0.15, 0.2) is 18.2 Å². The van der Waals surface area contributed by atoms with Gasteiger partial charge in [-0.15, -0.1) is 0 Å². The van der Waals surface area contributed by atoms with E-state index in [1.54, 1.807) is 6.07 Å². The minimum atomic E-state index is -0.384. The van der Waals surface area contributed by atoms with Crippen molar-refractivity contribution in [1.82, 2.24) is 5.32 Å². The van der Waals surface area contributed by atoms with E-state index in [1.165, 1.54) is 18.9 Å². The molecule has 0 aliphatic carbocycles. The van der Waals surface area contributed by atoms with Gasteiger partial charge in [0.15, 0.2) is 5.75 Å². The van der Waals surface area contributed by atoms with Crippen molar-refractivity contribution < 1.29 is 9.66 Å². The highest BCUT2D eigenvalue weighted by atomic mass is 16.6. The normalized spacial score (nSPS) is 19.1. The predicted octanol–water partition coefficient (Wildman–Crippen LogP) is 2.67. The van der Waals surface area contributed by atoms with Crippen LogP contribution >= 0.6 is 0 Å². The summed E-state index contributed by atoms with van der Waals surface area (Å²) in [6, 6.07) is 5.01. The number of rotatable bonds is 5. The number of aryl methyl sites for hydroxylation is 1. The van der Waals surface area contributed by atoms with E-state index in [1.807, 2.05) is 13.0 Å². The largest absolute Gasteiger partial charge is 0.487 e. The van der Waals surface area contributed by atoms with E-state index in [-0.39, 0.29) is 10.6 Å². The Morgan fingerprint density at radius 1 is 1.53 bits per heavy atom. The number of para-hydroxylation sites is 1. The summed E-state index contributed by atoms with van der Waals surface area (Å²) in [6.45, 7) is 4.50. The third-order valence-electron chi connectivity index (χ3n) is 3.56. The number of hydrogen-bond donors (Lipinski definition) is 1. The average molecular weight is 264 g/mol. The van der Waals surface area contributed by atoms with Crippen LogP contribution in [0.1, 0.15) is 24.8 Å². The molecular weight excluding hydrogens is 244 g/mol. The molecule has 1 N–H and O–H groups in total. The first-order valence-electron chi connectivity index (χ1n) is 6.76. The third kappa shape index (κ3) is 3.67. The lowest BCUT2D eigenvalue weighted by Crippen LogP contribution is -2.30.